The predicted octanol–water partition coefficient (Wildman–Crippen LogP) is 17.5. The van der Waals surface area contributed by atoms with Gasteiger partial charge in [0.2, 0.25) is 0 Å². The molecule has 0 saturated carbocycles. The van der Waals surface area contributed by atoms with Crippen LogP contribution in [0.25, 0.3) is 145 Å². The lowest BCUT2D eigenvalue weighted by Crippen LogP contribution is -2.00. The third-order valence-electron chi connectivity index (χ3n) is 13.8. The average Bonchev–Trinajstić information content (AvgIpc) is 4.06. The number of benzene rings is 10. The lowest BCUT2D eigenvalue weighted by Gasteiger charge is -2.12. The molecule has 0 atom stereocenters. The van der Waals surface area contributed by atoms with Crippen LogP contribution in [0, 0.1) is 0 Å². The Labute approximate surface area is 425 Å². The summed E-state index contributed by atoms with van der Waals surface area (Å²) >= 11 is 0. The van der Waals surface area contributed by atoms with Crippen LogP contribution < -0.4 is 0 Å². The Kier molecular flexibility index (Phi) is 10.4. The summed E-state index contributed by atoms with van der Waals surface area (Å²) < 4.78 is 13.2. The molecule has 0 amide bonds. The lowest BCUT2D eigenvalue weighted by molar-refractivity contribution is 0.669. The maximum atomic E-state index is 6.84. The first-order valence-corrected chi connectivity index (χ1v) is 24.6. The van der Waals surface area contributed by atoms with E-state index < -0.39 is 0 Å². The van der Waals surface area contributed by atoms with Crippen molar-refractivity contribution >= 4 is 43.9 Å². The van der Waals surface area contributed by atoms with Crippen LogP contribution in [0.4, 0.5) is 0 Å². The zero-order valence-corrected chi connectivity index (χ0v) is 39.7. The number of nitrogens with zero attached hydrogens (tertiary/aromatic N) is 5. The highest BCUT2D eigenvalue weighted by Gasteiger charge is 2.20. The fourth-order valence-corrected chi connectivity index (χ4v) is 10.1. The van der Waals surface area contributed by atoms with Crippen molar-refractivity contribution in [1.29, 1.82) is 0 Å². The molecule has 0 unspecified atom stereocenters. The van der Waals surface area contributed by atoms with Gasteiger partial charge in [-0.3, -0.25) is 0 Å². The van der Waals surface area contributed by atoms with Crippen LogP contribution >= 0.6 is 0 Å². The predicted molar refractivity (Wildman–Crippen MR) is 299 cm³/mol. The monoisotopic (exact) mass is 947 g/mol. The maximum Gasteiger partial charge on any atom is 0.167 e. The molecule has 0 fully saturated rings. The molecular weight excluding hydrogens is 907 g/mol. The SMILES string of the molecule is c1ccc(-c2ccc(-c3cc(-c4cccc(-c5cccc(-c6nc(-c7ccccc7)nc(-c7cccc8c7oc7c(-c9ccccc9)cccc78)n6)c5)c4)nc(-c4ccc5c(c4)oc4ccccc45)n3)cc2)cc1. The molecule has 14 rings (SSSR count). The number of rotatable bonds is 9. The smallest absolute Gasteiger partial charge is 0.167 e. The molecule has 10 aromatic carbocycles. The molecule has 4 aromatic heterocycles. The van der Waals surface area contributed by atoms with E-state index in [1.807, 2.05) is 91.0 Å². The third-order valence-corrected chi connectivity index (χ3v) is 13.8. The molecule has 14 aromatic rings. The molecular formula is C67H41N5O2. The third kappa shape index (κ3) is 7.77. The summed E-state index contributed by atoms with van der Waals surface area (Å²) in [4.78, 5) is 26.0. The van der Waals surface area contributed by atoms with Crippen LogP contribution in [0.15, 0.2) is 258 Å². The molecule has 7 nitrogen and oxygen atoms in total. The number of aromatic nitrogens is 5. The second-order valence-electron chi connectivity index (χ2n) is 18.4. The molecule has 74 heavy (non-hydrogen) atoms. The van der Waals surface area contributed by atoms with E-state index in [0.29, 0.717) is 23.3 Å². The average molecular weight is 948 g/mol. The molecule has 0 saturated heterocycles. The second kappa shape index (κ2) is 17.9. The largest absolute Gasteiger partial charge is 0.456 e. The van der Waals surface area contributed by atoms with E-state index >= 15 is 0 Å². The highest BCUT2D eigenvalue weighted by molar-refractivity contribution is 6.13. The zero-order valence-electron chi connectivity index (χ0n) is 39.7. The van der Waals surface area contributed by atoms with Gasteiger partial charge >= 0.3 is 0 Å². The van der Waals surface area contributed by atoms with Gasteiger partial charge in [0.1, 0.15) is 22.3 Å². The summed E-state index contributed by atoms with van der Waals surface area (Å²) in [6.07, 6.45) is 0. The van der Waals surface area contributed by atoms with Gasteiger partial charge in [0.05, 0.1) is 17.0 Å². The van der Waals surface area contributed by atoms with Crippen molar-refractivity contribution < 1.29 is 8.83 Å². The van der Waals surface area contributed by atoms with Crippen molar-refractivity contribution in [1.82, 2.24) is 24.9 Å². The van der Waals surface area contributed by atoms with Gasteiger partial charge in [0.15, 0.2) is 23.3 Å². The van der Waals surface area contributed by atoms with Gasteiger partial charge in [0.25, 0.3) is 0 Å². The Hall–Kier alpha value is -10.1. The molecule has 0 N–H and O–H groups in total. The van der Waals surface area contributed by atoms with Crippen LogP contribution in [0.2, 0.25) is 0 Å². The summed E-state index contributed by atoms with van der Waals surface area (Å²) in [6.45, 7) is 0. The van der Waals surface area contributed by atoms with E-state index in [1.165, 1.54) is 0 Å². The number of para-hydroxylation sites is 3. The molecule has 4 heterocycles. The quantitative estimate of drug-likeness (QED) is 0.142. The number of furan rings is 2. The molecule has 0 spiro atoms. The van der Waals surface area contributed by atoms with Crippen LogP contribution in [-0.2, 0) is 0 Å². The summed E-state index contributed by atoms with van der Waals surface area (Å²) in [7, 11) is 0. The first kappa shape index (κ1) is 42.7. The van der Waals surface area contributed by atoms with Gasteiger partial charge in [-0.05, 0) is 70.3 Å². The standard InChI is InChI=1S/C67H41N5O2/c1-4-16-42(17-5-1)43-32-34-45(35-33-43)58-41-59(69-65(68-58)51-36-37-54-53-26-10-11-31-60(53)73-61(54)40-51)49-24-12-22-47(38-49)48-23-13-25-50(39-48)66-70-64(46-20-8-3-9-21-46)71-67(72-66)57-30-15-29-56-55-28-14-27-52(62(55)74-63(56)57)44-18-6-2-7-19-44/h1-41H. The Bertz CT molecular complexity index is 4410. The van der Waals surface area contributed by atoms with Gasteiger partial charge in [-0.2, -0.15) is 0 Å². The minimum absolute atomic E-state index is 0.525. The van der Waals surface area contributed by atoms with Crippen molar-refractivity contribution in [2.24, 2.45) is 0 Å². The zero-order chi connectivity index (χ0) is 49.0. The van der Waals surface area contributed by atoms with E-state index in [9.17, 15) is 0 Å². The highest BCUT2D eigenvalue weighted by atomic mass is 16.3. The van der Waals surface area contributed by atoms with Crippen molar-refractivity contribution in [3.63, 3.8) is 0 Å². The maximum absolute atomic E-state index is 6.84. The minimum Gasteiger partial charge on any atom is -0.456 e. The Balaban J connectivity index is 0.866. The number of fused-ring (bicyclic) bond motifs is 6. The first-order valence-electron chi connectivity index (χ1n) is 24.6. The topological polar surface area (TPSA) is 90.7 Å². The van der Waals surface area contributed by atoms with Gasteiger partial charge in [0, 0.05) is 54.9 Å². The molecule has 0 aliphatic heterocycles. The van der Waals surface area contributed by atoms with E-state index in [1.54, 1.807) is 0 Å². The Morgan fingerprint density at radius 2 is 0.662 bits per heavy atom. The molecule has 0 radical (unpaired) electrons. The Morgan fingerprint density at radius 3 is 1.39 bits per heavy atom. The number of hydrogen-bond donors (Lipinski definition) is 0. The van der Waals surface area contributed by atoms with Crippen LogP contribution in [0.3, 0.4) is 0 Å². The highest BCUT2D eigenvalue weighted by Crippen LogP contribution is 2.41. The summed E-state index contributed by atoms with van der Waals surface area (Å²) in [5.74, 6) is 2.25. The van der Waals surface area contributed by atoms with E-state index in [2.05, 4.69) is 158 Å². The van der Waals surface area contributed by atoms with Gasteiger partial charge < -0.3 is 8.83 Å². The molecule has 0 bridgehead atoms. The minimum atomic E-state index is 0.525. The normalized spacial score (nSPS) is 11.5. The number of hydrogen-bond acceptors (Lipinski definition) is 7. The molecule has 0 aliphatic carbocycles. The van der Waals surface area contributed by atoms with Crippen molar-refractivity contribution in [3.8, 4) is 101 Å². The summed E-state index contributed by atoms with van der Waals surface area (Å²) in [5.41, 5.74) is 16.6. The summed E-state index contributed by atoms with van der Waals surface area (Å²) in [5, 5.41) is 4.16. The molecule has 346 valence electrons. The van der Waals surface area contributed by atoms with Crippen LogP contribution in [0.5, 0.6) is 0 Å². The van der Waals surface area contributed by atoms with E-state index in [4.69, 9.17) is 33.8 Å². The molecule has 0 aliphatic rings. The second-order valence-corrected chi connectivity index (χ2v) is 18.4. The van der Waals surface area contributed by atoms with Crippen molar-refractivity contribution in [3.05, 3.63) is 249 Å². The first-order chi connectivity index (χ1) is 36.6. The van der Waals surface area contributed by atoms with E-state index in [0.717, 1.165) is 122 Å². The van der Waals surface area contributed by atoms with E-state index in [-0.39, 0.29) is 0 Å². The van der Waals surface area contributed by atoms with Crippen LogP contribution in [0.1, 0.15) is 0 Å². The summed E-state index contributed by atoms with van der Waals surface area (Å²) in [6, 6.07) is 85.2. The fraction of sp³-hybridized carbons (Fsp3) is 0. The van der Waals surface area contributed by atoms with Gasteiger partial charge in [-0.1, -0.05) is 206 Å². The lowest BCUT2D eigenvalue weighted by atomic mass is 9.98. The van der Waals surface area contributed by atoms with Crippen molar-refractivity contribution in [2.75, 3.05) is 0 Å². The van der Waals surface area contributed by atoms with Crippen LogP contribution in [-0.4, -0.2) is 24.9 Å². The fourth-order valence-electron chi connectivity index (χ4n) is 10.1. The van der Waals surface area contributed by atoms with Gasteiger partial charge in [-0.15, -0.1) is 0 Å². The molecule has 7 heteroatoms. The Morgan fingerprint density at radius 1 is 0.216 bits per heavy atom. The van der Waals surface area contributed by atoms with Gasteiger partial charge in [-0.25, -0.2) is 24.9 Å². The van der Waals surface area contributed by atoms with Crippen molar-refractivity contribution in [2.45, 2.75) is 0 Å².